The Morgan fingerprint density at radius 1 is 1.19 bits per heavy atom. The molecule has 3 rings (SSSR count). The number of methoxy groups -OCH3 is 1. The molecular formula is C18H20ClN5OS. The maximum atomic E-state index is 6.05. The monoisotopic (exact) mass is 389 g/mol. The smallest absolute Gasteiger partial charge is 0.214 e. The van der Waals surface area contributed by atoms with Crippen molar-refractivity contribution in [3.63, 3.8) is 0 Å². The molecule has 0 atom stereocenters. The number of nitrogens with one attached hydrogen (secondary N) is 1. The summed E-state index contributed by atoms with van der Waals surface area (Å²) >= 11 is 7.70. The molecule has 1 aromatic heterocycles. The highest BCUT2D eigenvalue weighted by Crippen LogP contribution is 2.22. The summed E-state index contributed by atoms with van der Waals surface area (Å²) in [6.45, 7) is 1.60. The fourth-order valence-corrected chi connectivity index (χ4v) is 3.49. The number of tetrazole rings is 1. The van der Waals surface area contributed by atoms with Crippen molar-refractivity contribution in [3.8, 4) is 11.4 Å². The van der Waals surface area contributed by atoms with Crippen LogP contribution in [0, 0.1) is 0 Å². The van der Waals surface area contributed by atoms with Crippen molar-refractivity contribution < 1.29 is 4.74 Å². The lowest BCUT2D eigenvalue weighted by Crippen LogP contribution is -2.16. The van der Waals surface area contributed by atoms with Crippen LogP contribution in [0.15, 0.2) is 53.7 Å². The first kappa shape index (κ1) is 18.7. The summed E-state index contributed by atoms with van der Waals surface area (Å²) in [4.78, 5) is 0. The average Bonchev–Trinajstić information content (AvgIpc) is 3.14. The van der Waals surface area contributed by atoms with Crippen molar-refractivity contribution in [2.45, 2.75) is 18.1 Å². The van der Waals surface area contributed by atoms with Gasteiger partial charge in [-0.15, -0.1) is 5.10 Å². The molecule has 1 N–H and O–H groups in total. The number of hydrogen-bond donors (Lipinski definition) is 1. The van der Waals surface area contributed by atoms with Crippen LogP contribution >= 0.6 is 23.4 Å². The Hall–Kier alpha value is -2.09. The Bertz CT molecular complexity index is 827. The summed E-state index contributed by atoms with van der Waals surface area (Å²) in [5.41, 5.74) is 2.02. The molecule has 0 saturated carbocycles. The van der Waals surface area contributed by atoms with Crippen molar-refractivity contribution in [2.75, 3.05) is 19.4 Å². The van der Waals surface area contributed by atoms with E-state index in [2.05, 4.69) is 20.8 Å². The number of aromatic nitrogens is 4. The van der Waals surface area contributed by atoms with Crippen LogP contribution in [0.5, 0.6) is 5.75 Å². The van der Waals surface area contributed by atoms with Gasteiger partial charge in [0.05, 0.1) is 12.8 Å². The molecule has 2 aromatic carbocycles. The van der Waals surface area contributed by atoms with Crippen LogP contribution in [0.1, 0.15) is 12.0 Å². The van der Waals surface area contributed by atoms with Crippen molar-refractivity contribution in [3.05, 3.63) is 59.1 Å². The molecule has 0 bridgehead atoms. The van der Waals surface area contributed by atoms with E-state index < -0.39 is 0 Å². The second-order valence-electron chi connectivity index (χ2n) is 5.54. The number of halogens is 1. The third-order valence-electron chi connectivity index (χ3n) is 3.73. The van der Waals surface area contributed by atoms with E-state index in [0.29, 0.717) is 5.02 Å². The van der Waals surface area contributed by atoms with Gasteiger partial charge in [0.2, 0.25) is 5.16 Å². The minimum absolute atomic E-state index is 0.714. The lowest BCUT2D eigenvalue weighted by atomic mass is 10.2. The van der Waals surface area contributed by atoms with Gasteiger partial charge in [-0.2, -0.15) is 4.68 Å². The van der Waals surface area contributed by atoms with Gasteiger partial charge in [-0.05, 0) is 53.7 Å². The Morgan fingerprint density at radius 2 is 2.04 bits per heavy atom. The summed E-state index contributed by atoms with van der Waals surface area (Å²) < 4.78 is 7.11. The fourth-order valence-electron chi connectivity index (χ4n) is 2.47. The van der Waals surface area contributed by atoms with Crippen LogP contribution in [-0.4, -0.2) is 39.6 Å². The highest BCUT2D eigenvalue weighted by atomic mass is 35.5. The number of para-hydroxylation sites is 1. The Kier molecular flexibility index (Phi) is 6.88. The van der Waals surface area contributed by atoms with Crippen LogP contribution in [0.2, 0.25) is 5.02 Å². The van der Waals surface area contributed by atoms with Gasteiger partial charge in [-0.3, -0.25) is 0 Å². The van der Waals surface area contributed by atoms with E-state index in [1.807, 2.05) is 48.5 Å². The molecule has 8 heteroatoms. The van der Waals surface area contributed by atoms with E-state index >= 15 is 0 Å². The molecule has 0 spiro atoms. The van der Waals surface area contributed by atoms with Gasteiger partial charge in [0.25, 0.3) is 0 Å². The summed E-state index contributed by atoms with van der Waals surface area (Å²) in [5, 5.41) is 16.9. The molecule has 0 aliphatic carbocycles. The largest absolute Gasteiger partial charge is 0.496 e. The van der Waals surface area contributed by atoms with E-state index in [1.54, 1.807) is 23.6 Å². The maximum Gasteiger partial charge on any atom is 0.214 e. The normalized spacial score (nSPS) is 10.8. The van der Waals surface area contributed by atoms with Crippen molar-refractivity contribution in [1.82, 2.24) is 25.5 Å². The second-order valence-corrected chi connectivity index (χ2v) is 7.04. The van der Waals surface area contributed by atoms with Gasteiger partial charge in [-0.25, -0.2) is 0 Å². The molecule has 6 nitrogen and oxygen atoms in total. The molecule has 1 heterocycles. The van der Waals surface area contributed by atoms with Crippen LogP contribution < -0.4 is 10.1 Å². The Labute approximate surface area is 161 Å². The van der Waals surface area contributed by atoms with Crippen LogP contribution in [-0.2, 0) is 6.54 Å². The third-order valence-corrected chi connectivity index (χ3v) is 4.97. The first-order valence-corrected chi connectivity index (χ1v) is 9.64. The first-order valence-electron chi connectivity index (χ1n) is 8.27. The molecule has 0 radical (unpaired) electrons. The number of hydrogen-bond acceptors (Lipinski definition) is 6. The SMILES string of the molecule is COc1ccc(Cl)cc1CNCCCSc1nnnn1-c1ccccc1. The topological polar surface area (TPSA) is 64.9 Å². The molecule has 0 amide bonds. The van der Waals surface area contributed by atoms with E-state index in [0.717, 1.165) is 47.4 Å². The van der Waals surface area contributed by atoms with E-state index in [9.17, 15) is 0 Å². The van der Waals surface area contributed by atoms with Gasteiger partial charge in [0, 0.05) is 22.9 Å². The Balaban J connectivity index is 1.43. The number of ether oxygens (including phenoxy) is 1. The zero-order valence-electron chi connectivity index (χ0n) is 14.4. The van der Waals surface area contributed by atoms with Crippen LogP contribution in [0.25, 0.3) is 5.69 Å². The lowest BCUT2D eigenvalue weighted by molar-refractivity contribution is 0.408. The van der Waals surface area contributed by atoms with Crippen molar-refractivity contribution >= 4 is 23.4 Å². The van der Waals surface area contributed by atoms with Crippen LogP contribution in [0.4, 0.5) is 0 Å². The zero-order valence-corrected chi connectivity index (χ0v) is 16.0. The first-order chi connectivity index (χ1) is 12.8. The highest BCUT2D eigenvalue weighted by Gasteiger charge is 2.08. The van der Waals surface area contributed by atoms with Crippen molar-refractivity contribution in [1.29, 1.82) is 0 Å². The standard InChI is InChI=1S/C18H20ClN5OS/c1-25-17-9-8-15(19)12-14(17)13-20-10-5-11-26-18-21-22-23-24(18)16-6-3-2-4-7-16/h2-4,6-9,12,20H,5,10-11,13H2,1H3. The summed E-state index contributed by atoms with van der Waals surface area (Å²) in [6.07, 6.45) is 0.995. The zero-order chi connectivity index (χ0) is 18.2. The molecule has 0 fully saturated rings. The molecule has 0 aliphatic heterocycles. The minimum Gasteiger partial charge on any atom is -0.496 e. The molecule has 0 saturated heterocycles. The Morgan fingerprint density at radius 3 is 2.85 bits per heavy atom. The predicted molar refractivity (Wildman–Crippen MR) is 104 cm³/mol. The number of benzene rings is 2. The minimum atomic E-state index is 0.714. The highest BCUT2D eigenvalue weighted by molar-refractivity contribution is 7.99. The maximum absolute atomic E-state index is 6.05. The third kappa shape index (κ3) is 4.97. The van der Waals surface area contributed by atoms with E-state index in [-0.39, 0.29) is 0 Å². The average molecular weight is 390 g/mol. The van der Waals surface area contributed by atoms with Gasteiger partial charge in [0.15, 0.2) is 0 Å². The molecule has 136 valence electrons. The van der Waals surface area contributed by atoms with E-state index in [4.69, 9.17) is 16.3 Å². The second kappa shape index (κ2) is 9.56. The number of rotatable bonds is 9. The van der Waals surface area contributed by atoms with E-state index in [1.165, 1.54) is 0 Å². The van der Waals surface area contributed by atoms with Crippen LogP contribution in [0.3, 0.4) is 0 Å². The summed E-state index contributed by atoms with van der Waals surface area (Å²) in [6, 6.07) is 15.5. The number of nitrogens with zero attached hydrogens (tertiary/aromatic N) is 4. The predicted octanol–water partition coefficient (Wildman–Crippen LogP) is 3.60. The quantitative estimate of drug-likeness (QED) is 0.445. The molecular weight excluding hydrogens is 370 g/mol. The fraction of sp³-hybridized carbons (Fsp3) is 0.278. The number of thioether (sulfide) groups is 1. The lowest BCUT2D eigenvalue weighted by Gasteiger charge is -2.10. The molecule has 0 aliphatic rings. The molecule has 0 unspecified atom stereocenters. The van der Waals surface area contributed by atoms with Gasteiger partial charge in [-0.1, -0.05) is 41.6 Å². The summed E-state index contributed by atoms with van der Waals surface area (Å²) in [7, 11) is 1.67. The summed E-state index contributed by atoms with van der Waals surface area (Å²) in [5.74, 6) is 1.77. The van der Waals surface area contributed by atoms with Gasteiger partial charge < -0.3 is 10.1 Å². The van der Waals surface area contributed by atoms with Gasteiger partial charge >= 0.3 is 0 Å². The molecule has 26 heavy (non-hydrogen) atoms. The molecule has 3 aromatic rings. The van der Waals surface area contributed by atoms with Crippen molar-refractivity contribution in [2.24, 2.45) is 0 Å². The van der Waals surface area contributed by atoms with Gasteiger partial charge in [0.1, 0.15) is 5.75 Å².